The Balaban J connectivity index is 2.08. The summed E-state index contributed by atoms with van der Waals surface area (Å²) in [5, 5.41) is 3.32. The maximum atomic E-state index is 14.2. The van der Waals surface area contributed by atoms with E-state index >= 15 is 0 Å². The number of aryl methyl sites for hydroxylation is 1. The Hall–Kier alpha value is -3.56. The highest BCUT2D eigenvalue weighted by atomic mass is 35.5. The number of carbonyl (C=O) groups excluding carboxylic acids is 2. The molecule has 3 rings (SSSR count). The molecule has 0 radical (unpaired) electrons. The molecule has 8 nitrogen and oxygen atoms in total. The second-order valence-corrected chi connectivity index (χ2v) is 12.2. The van der Waals surface area contributed by atoms with Gasteiger partial charge >= 0.3 is 0 Å². The number of carbonyl (C=O) groups is 2. The third kappa shape index (κ3) is 8.49. The summed E-state index contributed by atoms with van der Waals surface area (Å²) in [7, 11) is -4.24. The highest BCUT2D eigenvalue weighted by Crippen LogP contribution is 2.33. The van der Waals surface area contributed by atoms with Gasteiger partial charge in [0.15, 0.2) is 0 Å². The number of unbranched alkanes of at least 4 members (excludes halogenated alkanes) is 1. The van der Waals surface area contributed by atoms with Gasteiger partial charge in [-0.2, -0.15) is 0 Å². The average molecular weight is 614 g/mol. The third-order valence-electron chi connectivity index (χ3n) is 6.80. The zero-order valence-electron chi connectivity index (χ0n) is 24.7. The number of amides is 2. The summed E-state index contributed by atoms with van der Waals surface area (Å²) >= 11 is 6.04. The topological polar surface area (TPSA) is 96.0 Å². The number of rotatable bonds is 15. The van der Waals surface area contributed by atoms with Gasteiger partial charge in [-0.15, -0.1) is 0 Å². The van der Waals surface area contributed by atoms with Crippen molar-refractivity contribution in [2.75, 3.05) is 24.0 Å². The molecule has 3 aromatic rings. The van der Waals surface area contributed by atoms with Crippen molar-refractivity contribution < 1.29 is 22.7 Å². The Morgan fingerprint density at radius 1 is 0.952 bits per heavy atom. The van der Waals surface area contributed by atoms with Crippen molar-refractivity contribution in [3.8, 4) is 5.75 Å². The maximum absolute atomic E-state index is 14.2. The van der Waals surface area contributed by atoms with Crippen molar-refractivity contribution >= 4 is 39.1 Å². The molecule has 226 valence electrons. The highest BCUT2D eigenvalue weighted by Gasteiger charge is 2.34. The lowest BCUT2D eigenvalue weighted by molar-refractivity contribution is -0.140. The first-order valence-corrected chi connectivity index (χ1v) is 16.1. The van der Waals surface area contributed by atoms with Gasteiger partial charge in [0, 0.05) is 18.1 Å². The fourth-order valence-electron chi connectivity index (χ4n) is 4.50. The van der Waals surface area contributed by atoms with Crippen LogP contribution in [-0.4, -0.2) is 50.9 Å². The first-order chi connectivity index (χ1) is 20.1. The second kappa shape index (κ2) is 15.6. The average Bonchev–Trinajstić information content (AvgIpc) is 2.97. The van der Waals surface area contributed by atoms with Crippen LogP contribution in [-0.2, 0) is 26.2 Å². The summed E-state index contributed by atoms with van der Waals surface area (Å²) in [4.78, 5) is 29.0. The quantitative estimate of drug-likeness (QED) is 0.213. The molecule has 0 spiro atoms. The maximum Gasteiger partial charge on any atom is 0.264 e. The van der Waals surface area contributed by atoms with Gasteiger partial charge in [0.05, 0.1) is 17.2 Å². The molecule has 10 heteroatoms. The number of halogens is 1. The van der Waals surface area contributed by atoms with Crippen molar-refractivity contribution in [3.63, 3.8) is 0 Å². The van der Waals surface area contributed by atoms with Crippen molar-refractivity contribution in [1.82, 2.24) is 10.2 Å². The molecule has 0 bridgehead atoms. The molecule has 0 aliphatic heterocycles. The number of ether oxygens (including phenoxy) is 1. The largest absolute Gasteiger partial charge is 0.492 e. The van der Waals surface area contributed by atoms with Crippen molar-refractivity contribution in [2.24, 2.45) is 0 Å². The molecule has 1 N–H and O–H groups in total. The summed E-state index contributed by atoms with van der Waals surface area (Å²) in [6, 6.07) is 19.4. The van der Waals surface area contributed by atoms with E-state index in [1.807, 2.05) is 45.0 Å². The second-order valence-electron chi connectivity index (χ2n) is 9.94. The van der Waals surface area contributed by atoms with E-state index in [2.05, 4.69) is 5.32 Å². The number of nitrogens with zero attached hydrogens (tertiary/aromatic N) is 2. The van der Waals surface area contributed by atoms with Crippen LogP contribution in [0.4, 0.5) is 5.69 Å². The minimum absolute atomic E-state index is 0.0274. The lowest BCUT2D eigenvalue weighted by Crippen LogP contribution is -2.52. The fraction of sp³-hybridized carbons (Fsp3) is 0.375. The van der Waals surface area contributed by atoms with Gasteiger partial charge in [-0.25, -0.2) is 8.42 Å². The number of anilines is 1. The SMILES string of the molecule is CCCCNC(=O)C(CC)N(Cc1ccc(C)cc1)C(=O)CN(c1ccccc1OCC)S(=O)(=O)c1ccc(Cl)cc1. The number of hydrogen-bond acceptors (Lipinski definition) is 5. The zero-order valence-corrected chi connectivity index (χ0v) is 26.2. The number of hydrogen-bond donors (Lipinski definition) is 1. The van der Waals surface area contributed by atoms with Gasteiger partial charge in [-0.1, -0.05) is 73.8 Å². The van der Waals surface area contributed by atoms with E-state index < -0.39 is 28.5 Å². The molecule has 3 aromatic carbocycles. The molecule has 0 fully saturated rings. The van der Waals surface area contributed by atoms with Gasteiger partial charge in [0.2, 0.25) is 11.8 Å². The van der Waals surface area contributed by atoms with Gasteiger partial charge in [0.1, 0.15) is 18.3 Å². The molecule has 1 atom stereocenters. The lowest BCUT2D eigenvalue weighted by atomic mass is 10.1. The van der Waals surface area contributed by atoms with E-state index in [4.69, 9.17) is 16.3 Å². The Kier molecular flexibility index (Phi) is 12.2. The van der Waals surface area contributed by atoms with Crippen LogP contribution in [0.3, 0.4) is 0 Å². The molecular weight excluding hydrogens is 574 g/mol. The summed E-state index contributed by atoms with van der Waals surface area (Å²) in [5.41, 5.74) is 2.11. The van der Waals surface area contributed by atoms with Crippen LogP contribution in [0, 0.1) is 6.92 Å². The van der Waals surface area contributed by atoms with E-state index in [9.17, 15) is 18.0 Å². The van der Waals surface area contributed by atoms with E-state index in [0.717, 1.165) is 28.3 Å². The summed E-state index contributed by atoms with van der Waals surface area (Å²) in [5.74, 6) is -0.468. The first kappa shape index (κ1) is 32.9. The molecule has 0 aromatic heterocycles. The molecule has 1 unspecified atom stereocenters. The standard InChI is InChI=1S/C32H40ClN3O5S/c1-5-8-21-34-32(38)28(6-2)35(22-25-15-13-24(4)14-16-25)31(37)23-36(29-11-9-10-12-30(29)41-7-3)42(39,40)27-19-17-26(33)18-20-27/h9-20,28H,5-8,21-23H2,1-4H3,(H,34,38). The smallest absolute Gasteiger partial charge is 0.264 e. The lowest BCUT2D eigenvalue weighted by Gasteiger charge is -2.33. The molecule has 0 aliphatic carbocycles. The highest BCUT2D eigenvalue weighted by molar-refractivity contribution is 7.92. The molecule has 2 amide bonds. The van der Waals surface area contributed by atoms with Gasteiger partial charge in [-0.3, -0.25) is 13.9 Å². The number of benzene rings is 3. The predicted octanol–water partition coefficient (Wildman–Crippen LogP) is 5.97. The van der Waals surface area contributed by atoms with Crippen molar-refractivity contribution in [3.05, 3.63) is 88.9 Å². The molecule has 0 heterocycles. The van der Waals surface area contributed by atoms with Crippen molar-refractivity contribution in [2.45, 2.75) is 64.4 Å². The summed E-state index contributed by atoms with van der Waals surface area (Å²) < 4.78 is 35.0. The van der Waals surface area contributed by atoms with E-state index in [-0.39, 0.29) is 23.0 Å². The molecule has 0 aliphatic rings. The van der Waals surface area contributed by atoms with Gasteiger partial charge < -0.3 is 15.0 Å². The van der Waals surface area contributed by atoms with Crippen LogP contribution in [0.2, 0.25) is 5.02 Å². The van der Waals surface area contributed by atoms with Gasteiger partial charge in [-0.05, 0) is 68.7 Å². The van der Waals surface area contributed by atoms with E-state index in [1.54, 1.807) is 31.2 Å². The van der Waals surface area contributed by atoms with E-state index in [1.165, 1.54) is 29.2 Å². The number of nitrogens with one attached hydrogen (secondary N) is 1. The zero-order chi connectivity index (χ0) is 30.7. The normalized spacial score (nSPS) is 11.9. The van der Waals surface area contributed by atoms with E-state index in [0.29, 0.717) is 30.3 Å². The van der Waals surface area contributed by atoms with Gasteiger partial charge in [0.25, 0.3) is 10.0 Å². The van der Waals surface area contributed by atoms with Crippen LogP contribution in [0.25, 0.3) is 0 Å². The Labute approximate surface area is 254 Å². The Bertz CT molecular complexity index is 1430. The molecular formula is C32H40ClN3O5S. The summed E-state index contributed by atoms with van der Waals surface area (Å²) in [6.07, 6.45) is 2.09. The van der Waals surface area contributed by atoms with Crippen LogP contribution in [0.5, 0.6) is 5.75 Å². The minimum Gasteiger partial charge on any atom is -0.492 e. The molecule has 0 saturated carbocycles. The Morgan fingerprint density at radius 3 is 2.24 bits per heavy atom. The minimum atomic E-state index is -4.24. The fourth-order valence-corrected chi connectivity index (χ4v) is 6.05. The predicted molar refractivity (Wildman–Crippen MR) is 167 cm³/mol. The van der Waals surface area contributed by atoms with Crippen LogP contribution < -0.4 is 14.4 Å². The summed E-state index contributed by atoms with van der Waals surface area (Å²) in [6.45, 7) is 8.04. The monoisotopic (exact) mass is 613 g/mol. The first-order valence-electron chi connectivity index (χ1n) is 14.2. The van der Waals surface area contributed by atoms with Crippen LogP contribution in [0.15, 0.2) is 77.7 Å². The molecule has 0 saturated heterocycles. The van der Waals surface area contributed by atoms with Crippen LogP contribution >= 0.6 is 11.6 Å². The van der Waals surface area contributed by atoms with Crippen LogP contribution in [0.1, 0.15) is 51.2 Å². The molecule has 42 heavy (non-hydrogen) atoms. The third-order valence-corrected chi connectivity index (χ3v) is 8.83. The Morgan fingerprint density at radius 2 is 1.62 bits per heavy atom. The number of para-hydroxylation sites is 2. The van der Waals surface area contributed by atoms with Crippen molar-refractivity contribution in [1.29, 1.82) is 0 Å². The number of sulfonamides is 1.